The highest BCUT2D eigenvalue weighted by Gasteiger charge is 2.36. The first-order valence-electron chi connectivity index (χ1n) is 11.9. The molecule has 0 bridgehead atoms. The largest absolute Gasteiger partial charge is 0.444 e. The maximum atomic E-state index is 13.7. The molecule has 3 atom stereocenters. The lowest BCUT2D eigenvalue weighted by Gasteiger charge is -2.34. The van der Waals surface area contributed by atoms with Gasteiger partial charge in [0, 0.05) is 19.0 Å². The third-order valence-corrected chi connectivity index (χ3v) is 5.08. The van der Waals surface area contributed by atoms with E-state index in [1.807, 2.05) is 13.8 Å². The Morgan fingerprint density at radius 3 is 2.23 bits per heavy atom. The molecule has 0 saturated carbocycles. The molecule has 10 heteroatoms. The molecular formula is C25H40N4O6. The number of nitrogens with one attached hydrogen (secondary N) is 2. The molecule has 0 fully saturated rings. The quantitative estimate of drug-likeness (QED) is 0.331. The number of nitrogens with zero attached hydrogens (tertiary/aromatic N) is 1. The van der Waals surface area contributed by atoms with Crippen molar-refractivity contribution in [3.8, 4) is 0 Å². The van der Waals surface area contributed by atoms with Gasteiger partial charge in [-0.1, -0.05) is 43.7 Å². The second-order valence-corrected chi connectivity index (χ2v) is 9.47. The van der Waals surface area contributed by atoms with E-state index in [-0.39, 0.29) is 25.4 Å². The number of amides is 4. The van der Waals surface area contributed by atoms with Crippen LogP contribution in [0.25, 0.3) is 0 Å². The Kier molecular flexibility index (Phi) is 12.2. The van der Waals surface area contributed by atoms with E-state index in [4.69, 9.17) is 10.5 Å². The van der Waals surface area contributed by atoms with Gasteiger partial charge in [-0.15, -0.1) is 0 Å². The third-order valence-electron chi connectivity index (χ3n) is 5.08. The molecule has 0 saturated heterocycles. The number of carbonyl (C=O) groups excluding carboxylic acids is 4. The van der Waals surface area contributed by atoms with Crippen LogP contribution in [0.3, 0.4) is 0 Å². The van der Waals surface area contributed by atoms with Crippen LogP contribution in [0, 0.1) is 0 Å². The molecule has 0 spiro atoms. The average Bonchev–Trinajstić information content (AvgIpc) is 2.75. The first-order valence-corrected chi connectivity index (χ1v) is 11.9. The Morgan fingerprint density at radius 1 is 1.09 bits per heavy atom. The standard InChI is InChI=1S/C25H40N4O6/c1-6-10-17(2)27-22(32)21(18-11-8-7-9-12-18)29(15-16-30)23(33)19(13-14-20(26)31)28-24(34)35-25(3,4)5/h7-9,11-12,17,19,21,30H,6,10,13-16H2,1-5H3,(H2,26,31)(H,27,32)(H,28,34). The van der Waals surface area contributed by atoms with Crippen molar-refractivity contribution in [2.75, 3.05) is 13.2 Å². The van der Waals surface area contributed by atoms with Gasteiger partial charge in [-0.25, -0.2) is 4.79 Å². The zero-order chi connectivity index (χ0) is 26.6. The molecule has 196 valence electrons. The summed E-state index contributed by atoms with van der Waals surface area (Å²) >= 11 is 0. The summed E-state index contributed by atoms with van der Waals surface area (Å²) in [6, 6.07) is 6.32. The number of ether oxygens (including phenoxy) is 1. The highest BCUT2D eigenvalue weighted by atomic mass is 16.6. The van der Waals surface area contributed by atoms with Crippen LogP contribution in [0.5, 0.6) is 0 Å². The second-order valence-electron chi connectivity index (χ2n) is 9.47. The first-order chi connectivity index (χ1) is 16.4. The van der Waals surface area contributed by atoms with E-state index >= 15 is 0 Å². The topological polar surface area (TPSA) is 151 Å². The third kappa shape index (κ3) is 10.8. The molecule has 0 aromatic heterocycles. The van der Waals surface area contributed by atoms with Crippen LogP contribution in [0.2, 0.25) is 0 Å². The SMILES string of the molecule is CCCC(C)NC(=O)C(c1ccccc1)N(CCO)C(=O)C(CCC(N)=O)NC(=O)OC(C)(C)C. The van der Waals surface area contributed by atoms with Crippen LogP contribution in [0.1, 0.15) is 71.9 Å². The van der Waals surface area contributed by atoms with Gasteiger partial charge < -0.3 is 31.1 Å². The minimum absolute atomic E-state index is 0.0926. The molecule has 1 aromatic carbocycles. The molecule has 0 heterocycles. The fraction of sp³-hybridized carbons (Fsp3) is 0.600. The van der Waals surface area contributed by atoms with Crippen molar-refractivity contribution in [1.82, 2.24) is 15.5 Å². The second kappa shape index (κ2) is 14.3. The van der Waals surface area contributed by atoms with Gasteiger partial charge in [0.15, 0.2) is 0 Å². The predicted molar refractivity (Wildman–Crippen MR) is 132 cm³/mol. The predicted octanol–water partition coefficient (Wildman–Crippen LogP) is 2.01. The zero-order valence-corrected chi connectivity index (χ0v) is 21.4. The number of nitrogens with two attached hydrogens (primary N) is 1. The molecule has 10 nitrogen and oxygen atoms in total. The van der Waals surface area contributed by atoms with Crippen molar-refractivity contribution in [2.45, 2.75) is 84.0 Å². The Hall–Kier alpha value is -3.14. The van der Waals surface area contributed by atoms with Gasteiger partial charge in [-0.05, 0) is 46.1 Å². The van der Waals surface area contributed by atoms with Crippen molar-refractivity contribution in [1.29, 1.82) is 0 Å². The van der Waals surface area contributed by atoms with Crippen LogP contribution in [0.15, 0.2) is 30.3 Å². The smallest absolute Gasteiger partial charge is 0.408 e. The maximum absolute atomic E-state index is 13.7. The molecule has 3 unspecified atom stereocenters. The van der Waals surface area contributed by atoms with E-state index < -0.39 is 48.1 Å². The number of hydrogen-bond donors (Lipinski definition) is 4. The van der Waals surface area contributed by atoms with Crippen molar-refractivity contribution >= 4 is 23.8 Å². The summed E-state index contributed by atoms with van der Waals surface area (Å²) < 4.78 is 5.27. The number of primary amides is 1. The van der Waals surface area contributed by atoms with E-state index in [1.165, 1.54) is 4.90 Å². The fourth-order valence-corrected chi connectivity index (χ4v) is 3.60. The molecule has 0 aliphatic carbocycles. The Balaban J connectivity index is 3.36. The highest BCUT2D eigenvalue weighted by Crippen LogP contribution is 2.23. The van der Waals surface area contributed by atoms with Crippen LogP contribution >= 0.6 is 0 Å². The lowest BCUT2D eigenvalue weighted by Crippen LogP contribution is -2.54. The van der Waals surface area contributed by atoms with Crippen molar-refractivity contribution in [3.05, 3.63) is 35.9 Å². The summed E-state index contributed by atoms with van der Waals surface area (Å²) in [4.78, 5) is 52.2. The van der Waals surface area contributed by atoms with Crippen LogP contribution < -0.4 is 16.4 Å². The molecule has 1 aromatic rings. The van der Waals surface area contributed by atoms with Gasteiger partial charge in [-0.2, -0.15) is 0 Å². The van der Waals surface area contributed by atoms with Crippen molar-refractivity contribution in [2.24, 2.45) is 5.73 Å². The monoisotopic (exact) mass is 492 g/mol. The first kappa shape index (κ1) is 29.9. The summed E-state index contributed by atoms with van der Waals surface area (Å²) in [6.07, 6.45) is 0.509. The van der Waals surface area contributed by atoms with Gasteiger partial charge in [-0.3, -0.25) is 14.4 Å². The van der Waals surface area contributed by atoms with E-state index in [9.17, 15) is 24.3 Å². The number of alkyl carbamates (subject to hydrolysis) is 1. The lowest BCUT2D eigenvalue weighted by atomic mass is 10.0. The van der Waals surface area contributed by atoms with E-state index in [0.717, 1.165) is 12.8 Å². The molecule has 1 rings (SSSR count). The van der Waals surface area contributed by atoms with Gasteiger partial charge in [0.25, 0.3) is 0 Å². The summed E-state index contributed by atoms with van der Waals surface area (Å²) in [5, 5.41) is 15.2. The number of hydrogen-bond acceptors (Lipinski definition) is 6. The molecule has 5 N–H and O–H groups in total. The number of rotatable bonds is 13. The number of aliphatic hydroxyl groups is 1. The van der Waals surface area contributed by atoms with Crippen LogP contribution in [0.4, 0.5) is 4.79 Å². The van der Waals surface area contributed by atoms with Crippen molar-refractivity contribution in [3.63, 3.8) is 0 Å². The van der Waals surface area contributed by atoms with Gasteiger partial charge in [0.1, 0.15) is 17.7 Å². The summed E-state index contributed by atoms with van der Waals surface area (Å²) in [7, 11) is 0. The lowest BCUT2D eigenvalue weighted by molar-refractivity contribution is -0.143. The summed E-state index contributed by atoms with van der Waals surface area (Å²) in [5.41, 5.74) is 5.01. The number of benzene rings is 1. The van der Waals surface area contributed by atoms with Gasteiger partial charge in [0.2, 0.25) is 17.7 Å². The summed E-state index contributed by atoms with van der Waals surface area (Å²) in [5.74, 6) is -1.70. The molecule has 0 aliphatic rings. The van der Waals surface area contributed by atoms with Crippen LogP contribution in [-0.2, 0) is 19.1 Å². The molecule has 0 aliphatic heterocycles. The van der Waals surface area contributed by atoms with E-state index in [2.05, 4.69) is 10.6 Å². The molecular weight excluding hydrogens is 452 g/mol. The molecule has 0 radical (unpaired) electrons. The Bertz CT molecular complexity index is 840. The summed E-state index contributed by atoms with van der Waals surface area (Å²) in [6.45, 7) is 8.33. The van der Waals surface area contributed by atoms with E-state index in [1.54, 1.807) is 51.1 Å². The van der Waals surface area contributed by atoms with Gasteiger partial charge >= 0.3 is 6.09 Å². The fourth-order valence-electron chi connectivity index (χ4n) is 3.60. The minimum Gasteiger partial charge on any atom is -0.444 e. The highest BCUT2D eigenvalue weighted by molar-refractivity contribution is 5.92. The zero-order valence-electron chi connectivity index (χ0n) is 21.4. The molecule has 35 heavy (non-hydrogen) atoms. The number of carbonyl (C=O) groups is 4. The normalized spacial score (nSPS) is 13.8. The minimum atomic E-state index is -1.20. The van der Waals surface area contributed by atoms with Crippen molar-refractivity contribution < 1.29 is 29.0 Å². The van der Waals surface area contributed by atoms with E-state index in [0.29, 0.717) is 5.56 Å². The Morgan fingerprint density at radius 2 is 1.71 bits per heavy atom. The van der Waals surface area contributed by atoms with Crippen LogP contribution in [-0.4, -0.2) is 64.7 Å². The maximum Gasteiger partial charge on any atom is 0.408 e. The number of aliphatic hydroxyl groups excluding tert-OH is 1. The molecule has 4 amide bonds. The van der Waals surface area contributed by atoms with Gasteiger partial charge in [0.05, 0.1) is 6.61 Å². The average molecular weight is 493 g/mol. The Labute approximate surface area is 207 Å².